The first-order valence-electron chi connectivity index (χ1n) is 5.12. The van der Waals surface area contributed by atoms with Gasteiger partial charge in [-0.05, 0) is 39.0 Å². The molecule has 0 saturated heterocycles. The molecule has 0 spiro atoms. The van der Waals surface area contributed by atoms with E-state index in [-0.39, 0.29) is 5.60 Å². The minimum absolute atomic E-state index is 0.318. The van der Waals surface area contributed by atoms with Crippen molar-refractivity contribution in [3.05, 3.63) is 28.9 Å². The van der Waals surface area contributed by atoms with Gasteiger partial charge in [-0.15, -0.1) is 0 Å². The number of aromatic nitrogens is 2. The predicted molar refractivity (Wildman–Crippen MR) is 70.7 cm³/mol. The third-order valence-corrected chi connectivity index (χ3v) is 2.30. The van der Waals surface area contributed by atoms with Gasteiger partial charge in [0.15, 0.2) is 0 Å². The van der Waals surface area contributed by atoms with E-state index in [0.29, 0.717) is 6.47 Å². The van der Waals surface area contributed by atoms with Crippen LogP contribution in [0.15, 0.2) is 28.9 Å². The summed E-state index contributed by atoms with van der Waals surface area (Å²) in [6.07, 6.45) is 1.81. The number of aromatic amines is 1. The summed E-state index contributed by atoms with van der Waals surface area (Å²) in [4.78, 5) is 9.60. The summed E-state index contributed by atoms with van der Waals surface area (Å²) in [5.41, 5.74) is 0.755. The molecule has 0 atom stereocenters. The van der Waals surface area contributed by atoms with Gasteiger partial charge < -0.3 is 4.74 Å². The molecule has 5 heteroatoms. The SMILES string of the molecule is Brc1ccc2[nH]ncc2c1.CC(C)(C)OC=O. The summed E-state index contributed by atoms with van der Waals surface area (Å²) < 4.78 is 5.63. The van der Waals surface area contributed by atoms with Crippen LogP contribution < -0.4 is 0 Å². The molecule has 0 amide bonds. The van der Waals surface area contributed by atoms with Gasteiger partial charge >= 0.3 is 0 Å². The lowest BCUT2D eigenvalue weighted by Gasteiger charge is -2.14. The van der Waals surface area contributed by atoms with Crippen molar-refractivity contribution in [2.75, 3.05) is 0 Å². The predicted octanol–water partition coefficient (Wildman–Crippen LogP) is 3.28. The van der Waals surface area contributed by atoms with Crippen molar-refractivity contribution in [3.63, 3.8) is 0 Å². The van der Waals surface area contributed by atoms with Gasteiger partial charge in [-0.25, -0.2) is 0 Å². The van der Waals surface area contributed by atoms with Crippen LogP contribution >= 0.6 is 15.9 Å². The molecule has 92 valence electrons. The standard InChI is InChI=1S/C7H5BrN2.C5H10O2/c8-6-1-2-7-5(3-6)4-9-10-7;1-5(2,3)7-4-6/h1-4H,(H,9,10);4H,1-3H3. The molecular weight excluding hydrogens is 284 g/mol. The van der Waals surface area contributed by atoms with Crippen LogP contribution in [0.1, 0.15) is 20.8 Å². The zero-order valence-corrected chi connectivity index (χ0v) is 11.6. The molecule has 1 heterocycles. The molecule has 2 rings (SSSR count). The molecule has 0 unspecified atom stereocenters. The second-order valence-corrected chi connectivity index (χ2v) is 5.34. The van der Waals surface area contributed by atoms with E-state index in [2.05, 4.69) is 30.9 Å². The van der Waals surface area contributed by atoms with E-state index < -0.39 is 0 Å². The Kier molecular flexibility index (Phi) is 4.69. The number of carbonyl (C=O) groups excluding carboxylic acids is 1. The van der Waals surface area contributed by atoms with Gasteiger partial charge in [-0.1, -0.05) is 15.9 Å². The van der Waals surface area contributed by atoms with E-state index in [1.165, 1.54) is 0 Å². The van der Waals surface area contributed by atoms with Crippen molar-refractivity contribution in [1.29, 1.82) is 0 Å². The van der Waals surface area contributed by atoms with E-state index in [1.54, 1.807) is 6.20 Å². The minimum atomic E-state index is -0.318. The van der Waals surface area contributed by atoms with Crippen molar-refractivity contribution < 1.29 is 9.53 Å². The number of nitrogens with zero attached hydrogens (tertiary/aromatic N) is 1. The average molecular weight is 299 g/mol. The van der Waals surface area contributed by atoms with Crippen LogP contribution in [0.3, 0.4) is 0 Å². The molecule has 17 heavy (non-hydrogen) atoms. The quantitative estimate of drug-likeness (QED) is 0.822. The monoisotopic (exact) mass is 298 g/mol. The Balaban J connectivity index is 0.000000185. The highest BCUT2D eigenvalue weighted by molar-refractivity contribution is 9.10. The fourth-order valence-electron chi connectivity index (χ4n) is 1.06. The number of hydrogen-bond donors (Lipinski definition) is 1. The van der Waals surface area contributed by atoms with Gasteiger partial charge in [-0.2, -0.15) is 5.10 Å². The summed E-state index contributed by atoms with van der Waals surface area (Å²) in [5, 5.41) is 7.91. The number of nitrogens with one attached hydrogen (secondary N) is 1. The van der Waals surface area contributed by atoms with E-state index in [0.717, 1.165) is 15.4 Å². The van der Waals surface area contributed by atoms with Crippen molar-refractivity contribution in [2.24, 2.45) is 0 Å². The van der Waals surface area contributed by atoms with E-state index in [9.17, 15) is 4.79 Å². The van der Waals surface area contributed by atoms with Crippen molar-refractivity contribution in [2.45, 2.75) is 26.4 Å². The Morgan fingerprint density at radius 3 is 2.65 bits per heavy atom. The Hall–Kier alpha value is -1.36. The van der Waals surface area contributed by atoms with Crippen LogP contribution in [0.4, 0.5) is 0 Å². The van der Waals surface area contributed by atoms with Gasteiger partial charge in [0, 0.05) is 9.86 Å². The summed E-state index contributed by atoms with van der Waals surface area (Å²) in [6, 6.07) is 6.01. The van der Waals surface area contributed by atoms with Crippen LogP contribution in [0.2, 0.25) is 0 Å². The minimum Gasteiger partial charge on any atom is -0.462 e. The number of fused-ring (bicyclic) bond motifs is 1. The molecule has 2 aromatic rings. The van der Waals surface area contributed by atoms with Crippen molar-refractivity contribution in [3.8, 4) is 0 Å². The summed E-state index contributed by atoms with van der Waals surface area (Å²) in [7, 11) is 0. The lowest BCUT2D eigenvalue weighted by atomic mass is 10.2. The molecule has 0 aliphatic carbocycles. The van der Waals surface area contributed by atoms with Crippen LogP contribution in [0, 0.1) is 0 Å². The number of hydrogen-bond acceptors (Lipinski definition) is 3. The first kappa shape index (κ1) is 13.7. The maximum Gasteiger partial charge on any atom is 0.293 e. The van der Waals surface area contributed by atoms with Gasteiger partial charge in [0.2, 0.25) is 0 Å². The number of halogens is 1. The summed E-state index contributed by atoms with van der Waals surface area (Å²) >= 11 is 3.38. The third-order valence-electron chi connectivity index (χ3n) is 1.80. The van der Waals surface area contributed by atoms with Crippen LogP contribution in [0.5, 0.6) is 0 Å². The average Bonchev–Trinajstić information content (AvgIpc) is 2.63. The summed E-state index contributed by atoms with van der Waals surface area (Å²) in [5.74, 6) is 0. The molecule has 0 aliphatic rings. The Morgan fingerprint density at radius 1 is 1.41 bits per heavy atom. The Morgan fingerprint density at radius 2 is 2.12 bits per heavy atom. The maximum absolute atomic E-state index is 9.60. The van der Waals surface area contributed by atoms with Crippen LogP contribution in [-0.2, 0) is 9.53 Å². The fourth-order valence-corrected chi connectivity index (χ4v) is 1.44. The zero-order valence-electron chi connectivity index (χ0n) is 10.0. The molecule has 4 nitrogen and oxygen atoms in total. The first-order valence-corrected chi connectivity index (χ1v) is 5.92. The highest BCUT2D eigenvalue weighted by atomic mass is 79.9. The third kappa shape index (κ3) is 4.99. The largest absolute Gasteiger partial charge is 0.462 e. The second-order valence-electron chi connectivity index (χ2n) is 4.43. The van der Waals surface area contributed by atoms with Crippen LogP contribution in [0.25, 0.3) is 10.9 Å². The topological polar surface area (TPSA) is 55.0 Å². The lowest BCUT2D eigenvalue weighted by molar-refractivity contribution is -0.138. The molecule has 0 bridgehead atoms. The van der Waals surface area contributed by atoms with Crippen molar-refractivity contribution in [1.82, 2.24) is 10.2 Å². The number of rotatable bonds is 1. The highest BCUT2D eigenvalue weighted by Gasteiger charge is 2.07. The smallest absolute Gasteiger partial charge is 0.293 e. The first-order chi connectivity index (χ1) is 7.92. The van der Waals surface area contributed by atoms with E-state index in [1.807, 2.05) is 39.0 Å². The van der Waals surface area contributed by atoms with Crippen LogP contribution in [-0.4, -0.2) is 22.3 Å². The maximum atomic E-state index is 9.60. The molecular formula is C12H15BrN2O2. The van der Waals surface area contributed by atoms with E-state index in [4.69, 9.17) is 0 Å². The molecule has 0 radical (unpaired) electrons. The highest BCUT2D eigenvalue weighted by Crippen LogP contribution is 2.16. The van der Waals surface area contributed by atoms with E-state index >= 15 is 0 Å². The number of H-pyrrole nitrogens is 1. The molecule has 0 saturated carbocycles. The molecule has 0 fully saturated rings. The molecule has 1 aromatic carbocycles. The molecule has 1 N–H and O–H groups in total. The molecule has 1 aromatic heterocycles. The normalized spacial score (nSPS) is 10.6. The van der Waals surface area contributed by atoms with Gasteiger partial charge in [0.1, 0.15) is 5.60 Å². The number of ether oxygens (including phenoxy) is 1. The second kappa shape index (κ2) is 5.82. The number of benzene rings is 1. The Labute approximate surface area is 108 Å². The molecule has 0 aliphatic heterocycles. The Bertz CT molecular complexity index is 488. The fraction of sp³-hybridized carbons (Fsp3) is 0.333. The zero-order chi connectivity index (χ0) is 12.9. The van der Waals surface area contributed by atoms with Gasteiger partial charge in [0.25, 0.3) is 6.47 Å². The van der Waals surface area contributed by atoms with Gasteiger partial charge in [0.05, 0.1) is 11.7 Å². The lowest BCUT2D eigenvalue weighted by Crippen LogP contribution is -2.17. The number of carbonyl (C=O) groups is 1. The van der Waals surface area contributed by atoms with Crippen molar-refractivity contribution >= 4 is 33.3 Å². The van der Waals surface area contributed by atoms with Gasteiger partial charge in [-0.3, -0.25) is 9.89 Å². The summed E-state index contributed by atoms with van der Waals surface area (Å²) in [6.45, 7) is 5.92.